The molecule has 0 spiro atoms. The van der Waals surface area contributed by atoms with E-state index in [9.17, 15) is 0 Å². The molecule has 0 atom stereocenters. The first-order valence-corrected chi connectivity index (χ1v) is 7.16. The summed E-state index contributed by atoms with van der Waals surface area (Å²) in [5.74, 6) is 1.31. The molecule has 0 rings (SSSR count). The number of nitrogens with two attached hydrogens (primary N) is 1. The van der Waals surface area contributed by atoms with Crippen LogP contribution in [0.25, 0.3) is 0 Å². The monoisotopic (exact) mass is 164 g/mol. The molecular weight excluding hydrogens is 148 g/mol. The molecule has 0 aliphatic rings. The van der Waals surface area contributed by atoms with Crippen LogP contribution in [0.4, 0.5) is 0 Å². The molecule has 4 heteroatoms. The van der Waals surface area contributed by atoms with Crippen molar-refractivity contribution in [3.8, 4) is 0 Å². The largest absolute Gasteiger partial charge is 0.329 e. The van der Waals surface area contributed by atoms with Crippen LogP contribution in [-0.4, -0.2) is 34.8 Å². The van der Waals surface area contributed by atoms with E-state index in [0.29, 0.717) is 0 Å². The predicted molar refractivity (Wildman–Crippen MR) is 48.9 cm³/mol. The van der Waals surface area contributed by atoms with Gasteiger partial charge in [0.15, 0.2) is 0 Å². The quantitative estimate of drug-likeness (QED) is 0.388. The van der Waals surface area contributed by atoms with Crippen LogP contribution in [0.2, 0.25) is 0 Å². The summed E-state index contributed by atoms with van der Waals surface area (Å²) in [6.45, 7) is 2.85. The van der Waals surface area contributed by atoms with Crippen molar-refractivity contribution in [3.05, 3.63) is 0 Å². The van der Waals surface area contributed by atoms with Crippen molar-refractivity contribution in [3.63, 3.8) is 0 Å². The van der Waals surface area contributed by atoms with E-state index >= 15 is 0 Å². The van der Waals surface area contributed by atoms with Gasteiger partial charge in [-0.1, -0.05) is 0 Å². The van der Waals surface area contributed by atoms with E-state index < -0.39 is 0 Å². The normalized spacial score (nSPS) is 10.3. The minimum Gasteiger partial charge on any atom is -0.329 e. The van der Waals surface area contributed by atoms with Gasteiger partial charge in [0, 0.05) is 13.1 Å². The maximum atomic E-state index is 5.28. The fraction of sp³-hybridized carbons (Fsp3) is 1.00. The summed E-state index contributed by atoms with van der Waals surface area (Å²) >= 11 is 2.03. The van der Waals surface area contributed by atoms with Gasteiger partial charge in [-0.2, -0.15) is 11.2 Å². The lowest BCUT2D eigenvalue weighted by Gasteiger charge is -1.99. The van der Waals surface area contributed by atoms with Crippen molar-refractivity contribution in [2.45, 2.75) is 6.42 Å². The van der Waals surface area contributed by atoms with Crippen LogP contribution in [0.1, 0.15) is 6.42 Å². The van der Waals surface area contributed by atoms with Crippen molar-refractivity contribution in [1.82, 2.24) is 5.32 Å². The molecule has 0 unspecified atom stereocenters. The first kappa shape index (κ1) is 9.49. The average molecular weight is 164 g/mol. The summed E-state index contributed by atoms with van der Waals surface area (Å²) in [6, 6.07) is 0. The van der Waals surface area contributed by atoms with Gasteiger partial charge >= 0.3 is 0 Å². The summed E-state index contributed by atoms with van der Waals surface area (Å²) in [5, 5.41) is 3.25. The molecule has 3 N–H and O–H groups in total. The second-order valence-corrected chi connectivity index (χ2v) is 4.60. The Kier molecular flexibility index (Phi) is 8.95. The molecule has 0 aromatic carbocycles. The highest BCUT2D eigenvalue weighted by atomic mass is 32.4. The van der Waals surface area contributed by atoms with Crippen LogP contribution in [0, 0.1) is 0 Å². The maximum Gasteiger partial charge on any atom is 0.0694 e. The van der Waals surface area contributed by atoms with Crippen molar-refractivity contribution in [2.24, 2.45) is 5.73 Å². The number of hydrogen-bond acceptors (Lipinski definition) is 3. The van der Waals surface area contributed by atoms with Crippen LogP contribution >= 0.6 is 11.2 Å². The second-order valence-electron chi connectivity index (χ2n) is 1.89. The van der Waals surface area contributed by atoms with Crippen molar-refractivity contribution in [2.75, 3.05) is 25.4 Å². The molecule has 0 aromatic heterocycles. The third-order valence-corrected chi connectivity index (χ3v) is 2.94. The van der Waals surface area contributed by atoms with Crippen LogP contribution in [-0.2, 0) is 0 Å². The Morgan fingerprint density at radius 3 is 2.78 bits per heavy atom. The van der Waals surface area contributed by atoms with E-state index in [1.54, 1.807) is 0 Å². The highest BCUT2D eigenvalue weighted by Crippen LogP contribution is 1.91. The molecule has 0 saturated heterocycles. The Bertz CT molecular complexity index is 48.2. The van der Waals surface area contributed by atoms with Gasteiger partial charge in [-0.3, -0.25) is 0 Å². The molecule has 0 heterocycles. The van der Waals surface area contributed by atoms with Gasteiger partial charge in [0.2, 0.25) is 0 Å². The molecule has 0 saturated carbocycles. The molecule has 9 heavy (non-hydrogen) atoms. The highest BCUT2D eigenvalue weighted by Gasteiger charge is 1.83. The molecule has 0 aliphatic heterocycles. The smallest absolute Gasteiger partial charge is 0.0694 e. The van der Waals surface area contributed by atoms with Gasteiger partial charge in [-0.25, -0.2) is 0 Å². The summed E-state index contributed by atoms with van der Waals surface area (Å²) in [4.78, 5) is 0. The van der Waals surface area contributed by atoms with Crippen LogP contribution in [0.15, 0.2) is 0 Å². The van der Waals surface area contributed by atoms with Gasteiger partial charge in [-0.15, -0.1) is 0 Å². The zero-order valence-electron chi connectivity index (χ0n) is 6.02. The lowest BCUT2D eigenvalue weighted by atomic mass is 10.5. The summed E-state index contributed by atoms with van der Waals surface area (Å²) in [7, 11) is 1.27. The summed E-state index contributed by atoms with van der Waals surface area (Å²) in [5.41, 5.74) is 5.28. The van der Waals surface area contributed by atoms with Crippen LogP contribution in [0.3, 0.4) is 0 Å². The summed E-state index contributed by atoms with van der Waals surface area (Å²) < 4.78 is 0. The fourth-order valence-corrected chi connectivity index (χ4v) is 1.87. The summed E-state index contributed by atoms with van der Waals surface area (Å²) in [6.07, 6.45) is 1.29. The minimum absolute atomic E-state index is 0.758. The minimum atomic E-state index is 0.758. The Balaban J connectivity index is 2.60. The van der Waals surface area contributed by atoms with E-state index in [1.807, 2.05) is 11.2 Å². The van der Waals surface area contributed by atoms with Crippen molar-refractivity contribution in [1.29, 1.82) is 0 Å². The van der Waals surface area contributed by atoms with Crippen LogP contribution in [0.5, 0.6) is 0 Å². The molecule has 0 amide bonds. The van der Waals surface area contributed by atoms with E-state index in [2.05, 4.69) is 5.32 Å². The lowest BCUT2D eigenvalue weighted by molar-refractivity contribution is 0.682. The number of rotatable bonds is 6. The first-order chi connectivity index (χ1) is 4.41. The van der Waals surface area contributed by atoms with Gasteiger partial charge in [0.1, 0.15) is 0 Å². The van der Waals surface area contributed by atoms with Crippen LogP contribution < -0.4 is 11.1 Å². The molecule has 56 valence electrons. The molecule has 0 aromatic rings. The Hall–Kier alpha value is 0.487. The third-order valence-electron chi connectivity index (χ3n) is 1.02. The lowest BCUT2D eigenvalue weighted by Crippen LogP contribution is -2.23. The molecule has 0 radical (unpaired) electrons. The van der Waals surface area contributed by atoms with Gasteiger partial charge in [0.05, 0.1) is 9.39 Å². The number of nitrogens with one attached hydrogen (secondary N) is 1. The van der Waals surface area contributed by atoms with Gasteiger partial charge in [-0.05, 0) is 18.7 Å². The standard InChI is InChI=1S/C5H16N2SSi/c6-2-4-7-3-1-5-8-9/h7H,1-6H2,9H3. The Morgan fingerprint density at radius 2 is 2.22 bits per heavy atom. The van der Waals surface area contributed by atoms with Crippen molar-refractivity contribution < 1.29 is 0 Å². The number of hydrogen-bond donors (Lipinski definition) is 2. The zero-order valence-corrected chi connectivity index (χ0v) is 8.84. The predicted octanol–water partition coefficient (Wildman–Crippen LogP) is -1.06. The SMILES string of the molecule is NCCNCCCS[SiH3]. The van der Waals surface area contributed by atoms with Gasteiger partial charge < -0.3 is 11.1 Å². The van der Waals surface area contributed by atoms with E-state index in [-0.39, 0.29) is 0 Å². The first-order valence-electron chi connectivity index (χ1n) is 3.31. The van der Waals surface area contributed by atoms with E-state index in [0.717, 1.165) is 19.6 Å². The average Bonchev–Trinajstić information content (AvgIpc) is 1.89. The topological polar surface area (TPSA) is 38.0 Å². The molecule has 0 fully saturated rings. The van der Waals surface area contributed by atoms with Gasteiger partial charge in [0.25, 0.3) is 0 Å². The fourth-order valence-electron chi connectivity index (χ4n) is 0.569. The second kappa shape index (κ2) is 8.49. The van der Waals surface area contributed by atoms with E-state index in [4.69, 9.17) is 5.73 Å². The third kappa shape index (κ3) is 8.49. The molecule has 2 nitrogen and oxygen atoms in total. The maximum absolute atomic E-state index is 5.28. The molecule has 0 bridgehead atoms. The Labute approximate surface area is 64.0 Å². The highest BCUT2D eigenvalue weighted by molar-refractivity contribution is 8.19. The van der Waals surface area contributed by atoms with E-state index in [1.165, 1.54) is 21.6 Å². The molecule has 0 aliphatic carbocycles. The van der Waals surface area contributed by atoms with Crippen molar-refractivity contribution >= 4 is 20.6 Å². The Morgan fingerprint density at radius 1 is 1.44 bits per heavy atom. The molecular formula is C5H16N2SSi. The zero-order chi connectivity index (χ0) is 6.95.